The lowest BCUT2D eigenvalue weighted by molar-refractivity contribution is 0.131. The highest BCUT2D eigenvalue weighted by Gasteiger charge is 2.34. The average Bonchev–Trinajstić information content (AvgIpc) is 2.95. The molecule has 0 atom stereocenters. The van der Waals surface area contributed by atoms with Crippen LogP contribution in [-0.2, 0) is 20.1 Å². The van der Waals surface area contributed by atoms with Gasteiger partial charge in [0.15, 0.2) is 11.8 Å². The van der Waals surface area contributed by atoms with Crippen molar-refractivity contribution in [2.24, 2.45) is 17.5 Å². The average molecular weight is 355 g/mol. The lowest BCUT2D eigenvalue weighted by Gasteiger charge is -2.41. The second-order valence-corrected chi connectivity index (χ2v) is 7.29. The van der Waals surface area contributed by atoms with Gasteiger partial charge in [-0.15, -0.1) is 10.2 Å². The Morgan fingerprint density at radius 1 is 1.19 bits per heavy atom. The van der Waals surface area contributed by atoms with Crippen molar-refractivity contribution in [3.63, 3.8) is 0 Å². The third kappa shape index (κ3) is 4.42. The SMILES string of the molecule is CCC1(CNC(=NCc2ccccc2)NCc2nnc(C)n2C)CCC1. The Morgan fingerprint density at radius 3 is 2.54 bits per heavy atom. The van der Waals surface area contributed by atoms with Crippen molar-refractivity contribution in [1.29, 1.82) is 0 Å². The van der Waals surface area contributed by atoms with E-state index in [0.717, 1.165) is 24.2 Å². The molecule has 1 fully saturated rings. The number of hydrogen-bond donors (Lipinski definition) is 2. The number of aromatic nitrogens is 3. The van der Waals surface area contributed by atoms with Crippen molar-refractivity contribution >= 4 is 5.96 Å². The van der Waals surface area contributed by atoms with Crippen molar-refractivity contribution in [1.82, 2.24) is 25.4 Å². The van der Waals surface area contributed by atoms with Crippen molar-refractivity contribution < 1.29 is 0 Å². The van der Waals surface area contributed by atoms with Gasteiger partial charge < -0.3 is 15.2 Å². The van der Waals surface area contributed by atoms with Crippen LogP contribution in [0.4, 0.5) is 0 Å². The first kappa shape index (κ1) is 18.4. The number of benzene rings is 1. The van der Waals surface area contributed by atoms with E-state index in [0.29, 0.717) is 18.5 Å². The van der Waals surface area contributed by atoms with Crippen LogP contribution >= 0.6 is 0 Å². The van der Waals surface area contributed by atoms with Crippen LogP contribution < -0.4 is 10.6 Å². The van der Waals surface area contributed by atoms with E-state index in [4.69, 9.17) is 4.99 Å². The van der Waals surface area contributed by atoms with Gasteiger partial charge >= 0.3 is 0 Å². The normalized spacial score (nSPS) is 16.2. The second-order valence-electron chi connectivity index (χ2n) is 7.29. The fourth-order valence-electron chi connectivity index (χ4n) is 3.30. The highest BCUT2D eigenvalue weighted by Crippen LogP contribution is 2.42. The lowest BCUT2D eigenvalue weighted by Crippen LogP contribution is -2.46. The van der Waals surface area contributed by atoms with Crippen LogP contribution in [0.2, 0.25) is 0 Å². The monoisotopic (exact) mass is 354 g/mol. The molecule has 2 aromatic rings. The van der Waals surface area contributed by atoms with Gasteiger partial charge in [0.2, 0.25) is 0 Å². The molecule has 0 bridgehead atoms. The molecular formula is C20H30N6. The van der Waals surface area contributed by atoms with E-state index in [1.165, 1.54) is 31.2 Å². The van der Waals surface area contributed by atoms with Gasteiger partial charge in [-0.1, -0.05) is 43.7 Å². The Hall–Kier alpha value is -2.37. The molecule has 1 aromatic heterocycles. The fraction of sp³-hybridized carbons (Fsp3) is 0.550. The number of nitrogens with one attached hydrogen (secondary N) is 2. The molecule has 1 saturated carbocycles. The van der Waals surface area contributed by atoms with E-state index < -0.39 is 0 Å². The first-order chi connectivity index (χ1) is 12.6. The minimum Gasteiger partial charge on any atom is -0.356 e. The molecule has 1 heterocycles. The summed E-state index contributed by atoms with van der Waals surface area (Å²) < 4.78 is 2.00. The fourth-order valence-corrected chi connectivity index (χ4v) is 3.30. The highest BCUT2D eigenvalue weighted by atomic mass is 15.3. The molecule has 6 nitrogen and oxygen atoms in total. The summed E-state index contributed by atoms with van der Waals surface area (Å²) in [5, 5.41) is 15.3. The zero-order valence-electron chi connectivity index (χ0n) is 16.1. The Labute approximate surface area is 156 Å². The predicted octanol–water partition coefficient (Wildman–Crippen LogP) is 2.94. The summed E-state index contributed by atoms with van der Waals surface area (Å²) >= 11 is 0. The van der Waals surface area contributed by atoms with Crippen LogP contribution in [0.1, 0.15) is 49.8 Å². The van der Waals surface area contributed by atoms with Gasteiger partial charge in [0.05, 0.1) is 13.1 Å². The minimum atomic E-state index is 0.441. The van der Waals surface area contributed by atoms with E-state index in [1.54, 1.807) is 0 Å². The van der Waals surface area contributed by atoms with Gasteiger partial charge in [-0.25, -0.2) is 4.99 Å². The summed E-state index contributed by atoms with van der Waals surface area (Å²) in [6, 6.07) is 10.3. The molecule has 0 radical (unpaired) electrons. The van der Waals surface area contributed by atoms with Crippen molar-refractivity contribution in [3.05, 3.63) is 47.5 Å². The van der Waals surface area contributed by atoms with Gasteiger partial charge in [0.1, 0.15) is 5.82 Å². The van der Waals surface area contributed by atoms with Crippen LogP contribution in [0.3, 0.4) is 0 Å². The van der Waals surface area contributed by atoms with Gasteiger partial charge in [0.25, 0.3) is 0 Å². The zero-order chi connectivity index (χ0) is 18.4. The first-order valence-electron chi connectivity index (χ1n) is 9.53. The Bertz CT molecular complexity index is 725. The van der Waals surface area contributed by atoms with Gasteiger partial charge in [-0.05, 0) is 37.2 Å². The summed E-state index contributed by atoms with van der Waals surface area (Å²) in [5.74, 6) is 2.66. The molecule has 3 rings (SSSR count). The molecule has 0 unspecified atom stereocenters. The van der Waals surface area contributed by atoms with Gasteiger partial charge in [-0.3, -0.25) is 0 Å². The van der Waals surface area contributed by atoms with E-state index in [9.17, 15) is 0 Å². The van der Waals surface area contributed by atoms with E-state index in [-0.39, 0.29) is 0 Å². The van der Waals surface area contributed by atoms with Crippen LogP contribution in [0.25, 0.3) is 0 Å². The van der Waals surface area contributed by atoms with Crippen LogP contribution in [0, 0.1) is 12.3 Å². The molecule has 0 aliphatic heterocycles. The van der Waals surface area contributed by atoms with E-state index in [2.05, 4.69) is 39.9 Å². The maximum absolute atomic E-state index is 4.78. The molecule has 26 heavy (non-hydrogen) atoms. The molecule has 1 aliphatic rings. The first-order valence-corrected chi connectivity index (χ1v) is 9.53. The van der Waals surface area contributed by atoms with E-state index >= 15 is 0 Å². The summed E-state index contributed by atoms with van der Waals surface area (Å²) in [4.78, 5) is 4.78. The van der Waals surface area contributed by atoms with Crippen molar-refractivity contribution in [2.45, 2.75) is 52.6 Å². The standard InChI is InChI=1S/C20H30N6/c1-4-20(11-8-12-20)15-23-19(21-13-17-9-6-5-7-10-17)22-14-18-25-24-16(2)26(18)3/h5-7,9-10H,4,8,11-15H2,1-3H3,(H2,21,22,23). The number of nitrogens with zero attached hydrogens (tertiary/aromatic N) is 4. The predicted molar refractivity (Wildman–Crippen MR) is 105 cm³/mol. The summed E-state index contributed by atoms with van der Waals surface area (Å²) in [5.41, 5.74) is 1.65. The second kappa shape index (κ2) is 8.34. The molecule has 0 amide bonds. The highest BCUT2D eigenvalue weighted by molar-refractivity contribution is 5.79. The molecule has 0 spiro atoms. The topological polar surface area (TPSA) is 67.1 Å². The maximum Gasteiger partial charge on any atom is 0.191 e. The smallest absolute Gasteiger partial charge is 0.191 e. The number of aliphatic imine (C=N–C) groups is 1. The summed E-state index contributed by atoms with van der Waals surface area (Å²) in [6.07, 6.45) is 5.18. The quantitative estimate of drug-likeness (QED) is 0.593. The third-order valence-corrected chi connectivity index (χ3v) is 5.65. The molecule has 2 N–H and O–H groups in total. The van der Waals surface area contributed by atoms with Crippen molar-refractivity contribution in [2.75, 3.05) is 6.54 Å². The van der Waals surface area contributed by atoms with Crippen LogP contribution in [0.5, 0.6) is 0 Å². The molecule has 0 saturated heterocycles. The maximum atomic E-state index is 4.78. The Morgan fingerprint density at radius 2 is 1.96 bits per heavy atom. The van der Waals surface area contributed by atoms with Gasteiger partial charge in [-0.2, -0.15) is 0 Å². The van der Waals surface area contributed by atoms with Crippen molar-refractivity contribution in [3.8, 4) is 0 Å². The summed E-state index contributed by atoms with van der Waals surface area (Å²) in [7, 11) is 1.99. The Balaban J connectivity index is 1.64. The van der Waals surface area contributed by atoms with Crippen LogP contribution in [0.15, 0.2) is 35.3 Å². The Kier molecular flexibility index (Phi) is 5.91. The largest absolute Gasteiger partial charge is 0.356 e. The molecule has 1 aromatic carbocycles. The molecule has 6 heteroatoms. The number of hydrogen-bond acceptors (Lipinski definition) is 3. The number of guanidine groups is 1. The van der Waals surface area contributed by atoms with Gasteiger partial charge in [0, 0.05) is 13.6 Å². The van der Waals surface area contributed by atoms with Crippen LogP contribution in [-0.4, -0.2) is 27.3 Å². The number of aryl methyl sites for hydroxylation is 1. The third-order valence-electron chi connectivity index (χ3n) is 5.65. The summed E-state index contributed by atoms with van der Waals surface area (Å²) in [6.45, 7) is 6.49. The number of rotatable bonds is 7. The van der Waals surface area contributed by atoms with E-state index in [1.807, 2.05) is 36.7 Å². The minimum absolute atomic E-state index is 0.441. The zero-order valence-corrected chi connectivity index (χ0v) is 16.1. The molecular weight excluding hydrogens is 324 g/mol. The molecule has 140 valence electrons. The molecule has 1 aliphatic carbocycles. The lowest BCUT2D eigenvalue weighted by atomic mass is 9.67.